The van der Waals surface area contributed by atoms with Crippen LogP contribution in [-0.2, 0) is 4.79 Å². The lowest BCUT2D eigenvalue weighted by atomic mass is 9.96. The van der Waals surface area contributed by atoms with E-state index in [0.29, 0.717) is 0 Å². The molecular weight excluding hydrogens is 192 g/mol. The molecule has 0 fully saturated rings. The van der Waals surface area contributed by atoms with Gasteiger partial charge in [-0.15, -0.1) is 0 Å². The fourth-order valence-electron chi connectivity index (χ4n) is 0.798. The van der Waals surface area contributed by atoms with Crippen LogP contribution in [0.5, 0.6) is 0 Å². The highest BCUT2D eigenvalue weighted by Gasteiger charge is 2.46. The molecule has 5 N–H and O–H groups in total. The average Bonchev–Trinajstić information content (AvgIpc) is 2.03. The van der Waals surface area contributed by atoms with Crippen LogP contribution in [0.1, 0.15) is 19.8 Å². The maximum absolute atomic E-state index is 10.3. The van der Waals surface area contributed by atoms with Gasteiger partial charge in [0.2, 0.25) is 11.6 Å². The Hall–Kier alpha value is -0.950. The first-order valence-electron chi connectivity index (χ1n) is 3.94. The van der Waals surface area contributed by atoms with E-state index in [1.54, 1.807) is 0 Å². The summed E-state index contributed by atoms with van der Waals surface area (Å²) in [5, 5.41) is 45.0. The second kappa shape index (κ2) is 4.05. The summed E-state index contributed by atoms with van der Waals surface area (Å²) in [4.78, 5) is 10.3. The van der Waals surface area contributed by atoms with Crippen molar-refractivity contribution in [1.29, 1.82) is 0 Å². The molecule has 0 aliphatic rings. The lowest BCUT2D eigenvalue weighted by molar-refractivity contribution is -0.356. The van der Waals surface area contributed by atoms with Crippen molar-refractivity contribution in [3.8, 4) is 0 Å². The van der Waals surface area contributed by atoms with Gasteiger partial charge in [-0.25, -0.2) is 4.79 Å². The number of carboxylic acid groups (broad SMARTS) is 1. The van der Waals surface area contributed by atoms with E-state index >= 15 is 0 Å². The largest absolute Gasteiger partial charge is 0.478 e. The molecule has 0 unspecified atom stereocenters. The minimum Gasteiger partial charge on any atom is -0.478 e. The maximum Gasteiger partial charge on any atom is 0.331 e. The summed E-state index contributed by atoms with van der Waals surface area (Å²) in [7, 11) is 0. The fraction of sp³-hybridized carbons (Fsp3) is 0.625. The SMILES string of the molecule is C=C(CC(O)(O)C(O)(O)CC)C(=O)O. The van der Waals surface area contributed by atoms with Crippen LogP contribution in [0.15, 0.2) is 12.2 Å². The fourth-order valence-corrected chi connectivity index (χ4v) is 0.798. The Morgan fingerprint density at radius 1 is 1.21 bits per heavy atom. The monoisotopic (exact) mass is 206 g/mol. The Morgan fingerprint density at radius 2 is 1.64 bits per heavy atom. The topological polar surface area (TPSA) is 118 Å². The molecule has 6 heteroatoms. The second-order valence-corrected chi connectivity index (χ2v) is 3.07. The molecule has 0 saturated carbocycles. The molecule has 0 bridgehead atoms. The van der Waals surface area contributed by atoms with E-state index < -0.39 is 29.5 Å². The van der Waals surface area contributed by atoms with Gasteiger partial charge in [0.25, 0.3) is 0 Å². The zero-order valence-electron chi connectivity index (χ0n) is 7.77. The van der Waals surface area contributed by atoms with Crippen molar-refractivity contribution < 1.29 is 30.3 Å². The van der Waals surface area contributed by atoms with Gasteiger partial charge in [-0.05, 0) is 0 Å². The molecule has 0 atom stereocenters. The van der Waals surface area contributed by atoms with Gasteiger partial charge in [0.05, 0.1) is 0 Å². The van der Waals surface area contributed by atoms with Gasteiger partial charge in [-0.2, -0.15) is 0 Å². The molecule has 0 aliphatic heterocycles. The lowest BCUT2D eigenvalue weighted by Crippen LogP contribution is -2.54. The first-order valence-corrected chi connectivity index (χ1v) is 3.94. The average molecular weight is 206 g/mol. The molecule has 0 aromatic heterocycles. The number of aliphatic hydroxyl groups is 4. The van der Waals surface area contributed by atoms with E-state index in [0.717, 1.165) is 0 Å². The van der Waals surface area contributed by atoms with Crippen LogP contribution in [0.25, 0.3) is 0 Å². The van der Waals surface area contributed by atoms with Crippen molar-refractivity contribution in [2.75, 3.05) is 0 Å². The number of hydrogen-bond acceptors (Lipinski definition) is 5. The van der Waals surface area contributed by atoms with Gasteiger partial charge >= 0.3 is 5.97 Å². The summed E-state index contributed by atoms with van der Waals surface area (Å²) in [5.41, 5.74) is -0.518. The number of rotatable bonds is 5. The summed E-state index contributed by atoms with van der Waals surface area (Å²) in [6, 6.07) is 0. The molecule has 0 saturated heterocycles. The van der Waals surface area contributed by atoms with Crippen LogP contribution in [0.2, 0.25) is 0 Å². The summed E-state index contributed by atoms with van der Waals surface area (Å²) in [6.07, 6.45) is -1.20. The molecular formula is C8H14O6. The Morgan fingerprint density at radius 3 is 1.93 bits per heavy atom. The first-order chi connectivity index (χ1) is 6.14. The van der Waals surface area contributed by atoms with Crippen LogP contribution < -0.4 is 0 Å². The Labute approximate surface area is 80.7 Å². The summed E-state index contributed by atoms with van der Waals surface area (Å²) >= 11 is 0. The van der Waals surface area contributed by atoms with Crippen LogP contribution in [-0.4, -0.2) is 43.1 Å². The molecule has 14 heavy (non-hydrogen) atoms. The molecule has 0 aromatic carbocycles. The van der Waals surface area contributed by atoms with Crippen molar-refractivity contribution in [2.45, 2.75) is 31.3 Å². The first kappa shape index (κ1) is 13.1. The number of carbonyl (C=O) groups is 1. The molecule has 0 spiro atoms. The Balaban J connectivity index is 4.65. The van der Waals surface area contributed by atoms with Crippen molar-refractivity contribution in [2.24, 2.45) is 0 Å². The zero-order chi connectivity index (χ0) is 11.6. The van der Waals surface area contributed by atoms with Crippen molar-refractivity contribution in [3.05, 3.63) is 12.2 Å². The molecule has 0 amide bonds. The van der Waals surface area contributed by atoms with Gasteiger partial charge in [-0.1, -0.05) is 13.5 Å². The van der Waals surface area contributed by atoms with Gasteiger partial charge in [-0.3, -0.25) is 0 Å². The third-order valence-corrected chi connectivity index (χ3v) is 1.90. The van der Waals surface area contributed by atoms with E-state index in [4.69, 9.17) is 15.3 Å². The number of carboxylic acids is 1. The molecule has 0 rings (SSSR count). The van der Waals surface area contributed by atoms with Gasteiger partial charge < -0.3 is 25.5 Å². The van der Waals surface area contributed by atoms with Crippen LogP contribution in [0.3, 0.4) is 0 Å². The van der Waals surface area contributed by atoms with Gasteiger partial charge in [0.15, 0.2) is 0 Å². The second-order valence-electron chi connectivity index (χ2n) is 3.07. The van der Waals surface area contributed by atoms with Gasteiger partial charge in [0, 0.05) is 18.4 Å². The molecule has 0 heterocycles. The quantitative estimate of drug-likeness (QED) is 0.284. The molecule has 0 aromatic rings. The van der Waals surface area contributed by atoms with E-state index in [1.807, 2.05) is 0 Å². The minimum absolute atomic E-state index is 0.354. The highest BCUT2D eigenvalue weighted by molar-refractivity contribution is 5.85. The highest BCUT2D eigenvalue weighted by Crippen LogP contribution is 2.26. The highest BCUT2D eigenvalue weighted by atomic mass is 16.6. The van der Waals surface area contributed by atoms with Crippen molar-refractivity contribution >= 4 is 5.97 Å². The zero-order valence-corrected chi connectivity index (χ0v) is 7.77. The van der Waals surface area contributed by atoms with E-state index in [-0.39, 0.29) is 6.42 Å². The number of aliphatic carboxylic acids is 1. The van der Waals surface area contributed by atoms with Crippen molar-refractivity contribution in [3.63, 3.8) is 0 Å². The third kappa shape index (κ3) is 2.78. The smallest absolute Gasteiger partial charge is 0.331 e. The Bertz CT molecular complexity index is 242. The van der Waals surface area contributed by atoms with E-state index in [1.165, 1.54) is 6.92 Å². The summed E-state index contributed by atoms with van der Waals surface area (Å²) in [5.74, 6) is -7.10. The van der Waals surface area contributed by atoms with Crippen LogP contribution in [0.4, 0.5) is 0 Å². The standard InChI is InChI=1S/C8H14O6/c1-3-7(11,12)8(13,14)4-5(2)6(9)10/h11-14H,2-4H2,1H3,(H,9,10). The number of hydrogen-bond donors (Lipinski definition) is 5. The van der Waals surface area contributed by atoms with Crippen molar-refractivity contribution in [1.82, 2.24) is 0 Å². The van der Waals surface area contributed by atoms with Crippen LogP contribution in [0, 0.1) is 0 Å². The normalized spacial score (nSPS) is 12.6. The maximum atomic E-state index is 10.3. The predicted octanol–water partition coefficient (Wildman–Crippen LogP) is -1.21. The lowest BCUT2D eigenvalue weighted by Gasteiger charge is -2.34. The summed E-state index contributed by atoms with van der Waals surface area (Å²) in [6.45, 7) is 4.36. The molecule has 6 nitrogen and oxygen atoms in total. The predicted molar refractivity (Wildman–Crippen MR) is 46.0 cm³/mol. The van der Waals surface area contributed by atoms with E-state index in [9.17, 15) is 15.0 Å². The summed E-state index contributed by atoms with van der Waals surface area (Å²) < 4.78 is 0. The Kier molecular flexibility index (Phi) is 3.78. The van der Waals surface area contributed by atoms with Gasteiger partial charge in [0.1, 0.15) is 0 Å². The molecule has 82 valence electrons. The van der Waals surface area contributed by atoms with E-state index in [2.05, 4.69) is 6.58 Å². The third-order valence-electron chi connectivity index (χ3n) is 1.90. The molecule has 0 aliphatic carbocycles. The molecule has 0 radical (unpaired) electrons. The van der Waals surface area contributed by atoms with Crippen LogP contribution >= 0.6 is 0 Å². The minimum atomic E-state index is -2.92.